The molecule has 0 aromatic heterocycles. The Morgan fingerprint density at radius 2 is 1.35 bits per heavy atom. The molecule has 0 atom stereocenters. The van der Waals surface area contributed by atoms with E-state index < -0.39 is 46.3 Å². The number of aryl methyl sites for hydroxylation is 1. The summed E-state index contributed by atoms with van der Waals surface area (Å²) < 4.78 is 98.7. The highest BCUT2D eigenvalue weighted by Crippen LogP contribution is 2.36. The van der Waals surface area contributed by atoms with Crippen LogP contribution < -0.4 is 4.74 Å². The van der Waals surface area contributed by atoms with E-state index in [-0.39, 0.29) is 12.3 Å². The third-order valence-corrected chi connectivity index (χ3v) is 6.34. The van der Waals surface area contributed by atoms with Gasteiger partial charge >= 0.3 is 6.18 Å². The molecular formula is C26H27F7O. The summed E-state index contributed by atoms with van der Waals surface area (Å²) in [4.78, 5) is 0. The van der Waals surface area contributed by atoms with Gasteiger partial charge in [-0.1, -0.05) is 45.4 Å². The second-order valence-electron chi connectivity index (χ2n) is 8.88. The highest BCUT2D eigenvalue weighted by atomic mass is 19.4. The highest BCUT2D eigenvalue weighted by molar-refractivity contribution is 5.66. The third kappa shape index (κ3) is 7.00. The fourth-order valence-electron chi connectivity index (χ4n) is 4.63. The van der Waals surface area contributed by atoms with Crippen LogP contribution in [-0.2, 0) is 6.42 Å². The zero-order chi connectivity index (χ0) is 24.9. The maximum absolute atomic E-state index is 14.7. The molecule has 2 aromatic rings. The second-order valence-corrected chi connectivity index (χ2v) is 8.88. The van der Waals surface area contributed by atoms with Crippen LogP contribution in [0.1, 0.15) is 57.4 Å². The van der Waals surface area contributed by atoms with Crippen molar-refractivity contribution in [1.29, 1.82) is 0 Å². The number of rotatable bonds is 8. The number of benzene rings is 2. The van der Waals surface area contributed by atoms with Crippen molar-refractivity contribution in [3.8, 4) is 16.9 Å². The molecule has 2 aromatic carbocycles. The van der Waals surface area contributed by atoms with Crippen molar-refractivity contribution in [2.75, 3.05) is 0 Å². The van der Waals surface area contributed by atoms with Crippen molar-refractivity contribution < 1.29 is 35.5 Å². The minimum Gasteiger partial charge on any atom is -0.459 e. The molecule has 0 heterocycles. The lowest BCUT2D eigenvalue weighted by molar-refractivity contribution is -0.0809. The van der Waals surface area contributed by atoms with Gasteiger partial charge in [0.15, 0.2) is 17.4 Å². The summed E-state index contributed by atoms with van der Waals surface area (Å²) in [5, 5.41) is 0. The standard InChI is InChI=1S/C26H27F7O/c1-2-3-16-4-6-17(7-5-16)8-9-18-12-20(27)24(21(28)13-18)19-14-22(29)25(23(30)15-19)34-11-10-26(31,32)33/h10-17H,2-9H2,1H3. The van der Waals surface area contributed by atoms with Crippen LogP contribution >= 0.6 is 0 Å². The molecule has 0 aliphatic heterocycles. The maximum Gasteiger partial charge on any atom is 0.412 e. The summed E-state index contributed by atoms with van der Waals surface area (Å²) in [6.07, 6.45) is 3.35. The van der Waals surface area contributed by atoms with Crippen molar-refractivity contribution in [3.05, 3.63) is 65.4 Å². The molecule has 0 bridgehead atoms. The first-order valence-electron chi connectivity index (χ1n) is 11.5. The van der Waals surface area contributed by atoms with Crippen LogP contribution in [0.2, 0.25) is 0 Å². The Morgan fingerprint density at radius 3 is 1.85 bits per heavy atom. The molecular weight excluding hydrogens is 461 g/mol. The summed E-state index contributed by atoms with van der Waals surface area (Å²) in [7, 11) is 0. The lowest BCUT2D eigenvalue weighted by Crippen LogP contribution is -2.15. The minimum absolute atomic E-state index is 0.0907. The molecule has 0 saturated heterocycles. The van der Waals surface area contributed by atoms with E-state index in [0.29, 0.717) is 30.0 Å². The quantitative estimate of drug-likeness (QED) is 0.266. The Labute approximate surface area is 194 Å². The Kier molecular flexibility index (Phi) is 8.66. The second kappa shape index (κ2) is 11.3. The smallest absolute Gasteiger partial charge is 0.412 e. The molecule has 1 aliphatic carbocycles. The molecule has 0 unspecified atom stereocenters. The number of hydrogen-bond acceptors (Lipinski definition) is 1. The van der Waals surface area contributed by atoms with Crippen molar-refractivity contribution in [1.82, 2.24) is 0 Å². The van der Waals surface area contributed by atoms with E-state index in [0.717, 1.165) is 37.3 Å². The zero-order valence-electron chi connectivity index (χ0n) is 18.8. The molecule has 0 spiro atoms. The van der Waals surface area contributed by atoms with Gasteiger partial charge < -0.3 is 4.74 Å². The molecule has 34 heavy (non-hydrogen) atoms. The molecule has 8 heteroatoms. The van der Waals surface area contributed by atoms with Gasteiger partial charge in [0.05, 0.1) is 17.9 Å². The SMILES string of the molecule is CCCC1CCC(CCc2cc(F)c(-c3cc(F)c(OC=CC(F)(F)F)c(F)c3)c(F)c2)CC1. The highest BCUT2D eigenvalue weighted by Gasteiger charge is 2.24. The lowest BCUT2D eigenvalue weighted by Gasteiger charge is -2.28. The van der Waals surface area contributed by atoms with Crippen molar-refractivity contribution in [3.63, 3.8) is 0 Å². The van der Waals surface area contributed by atoms with Crippen LogP contribution in [0.15, 0.2) is 36.6 Å². The van der Waals surface area contributed by atoms with E-state index in [1.807, 2.05) is 0 Å². The Hall–Kier alpha value is -2.51. The summed E-state index contributed by atoms with van der Waals surface area (Å²) in [6, 6.07) is 3.56. The summed E-state index contributed by atoms with van der Waals surface area (Å²) in [6.45, 7) is 2.18. The van der Waals surface area contributed by atoms with E-state index in [2.05, 4.69) is 11.7 Å². The van der Waals surface area contributed by atoms with Gasteiger partial charge in [-0.2, -0.15) is 13.2 Å². The molecule has 0 radical (unpaired) electrons. The van der Waals surface area contributed by atoms with E-state index in [1.165, 1.54) is 25.7 Å². The lowest BCUT2D eigenvalue weighted by atomic mass is 9.78. The van der Waals surface area contributed by atoms with Gasteiger partial charge in [-0.15, -0.1) is 0 Å². The summed E-state index contributed by atoms with van der Waals surface area (Å²) >= 11 is 0. The zero-order valence-corrected chi connectivity index (χ0v) is 18.8. The molecule has 0 N–H and O–H groups in total. The molecule has 1 saturated carbocycles. The van der Waals surface area contributed by atoms with Gasteiger partial charge in [0, 0.05) is 0 Å². The van der Waals surface area contributed by atoms with Gasteiger partial charge in [-0.3, -0.25) is 0 Å². The molecule has 1 fully saturated rings. The predicted octanol–water partition coefficient (Wildman–Crippen LogP) is 8.90. The van der Waals surface area contributed by atoms with Crippen LogP contribution in [0.4, 0.5) is 30.7 Å². The van der Waals surface area contributed by atoms with E-state index in [4.69, 9.17) is 0 Å². The monoisotopic (exact) mass is 488 g/mol. The topological polar surface area (TPSA) is 9.23 Å². The van der Waals surface area contributed by atoms with Crippen molar-refractivity contribution in [2.45, 2.75) is 64.5 Å². The molecule has 0 amide bonds. The number of allylic oxidation sites excluding steroid dienone is 1. The van der Waals surface area contributed by atoms with Gasteiger partial charge in [-0.05, 0) is 60.1 Å². The fourth-order valence-corrected chi connectivity index (χ4v) is 4.63. The molecule has 3 rings (SSSR count). The van der Waals surface area contributed by atoms with Crippen LogP contribution in [0.5, 0.6) is 5.75 Å². The van der Waals surface area contributed by atoms with Gasteiger partial charge in [0.25, 0.3) is 0 Å². The minimum atomic E-state index is -4.73. The number of alkyl halides is 3. The predicted molar refractivity (Wildman–Crippen MR) is 116 cm³/mol. The van der Waals surface area contributed by atoms with E-state index in [1.54, 1.807) is 0 Å². The average Bonchev–Trinajstić information content (AvgIpc) is 2.74. The van der Waals surface area contributed by atoms with Crippen LogP contribution in [0, 0.1) is 35.1 Å². The number of hydrogen-bond donors (Lipinski definition) is 0. The van der Waals surface area contributed by atoms with E-state index >= 15 is 0 Å². The maximum atomic E-state index is 14.7. The number of ether oxygens (including phenoxy) is 1. The molecule has 186 valence electrons. The Morgan fingerprint density at radius 1 is 0.824 bits per heavy atom. The van der Waals surface area contributed by atoms with Crippen LogP contribution in [0.25, 0.3) is 11.1 Å². The van der Waals surface area contributed by atoms with Crippen LogP contribution in [-0.4, -0.2) is 6.18 Å². The van der Waals surface area contributed by atoms with Crippen molar-refractivity contribution >= 4 is 0 Å². The third-order valence-electron chi connectivity index (χ3n) is 6.34. The largest absolute Gasteiger partial charge is 0.459 e. The normalized spacial score (nSPS) is 19.1. The average molecular weight is 488 g/mol. The van der Waals surface area contributed by atoms with Gasteiger partial charge in [-0.25, -0.2) is 17.6 Å². The van der Waals surface area contributed by atoms with Gasteiger partial charge in [0.2, 0.25) is 0 Å². The fraction of sp³-hybridized carbons (Fsp3) is 0.462. The Balaban J connectivity index is 1.70. The first-order chi connectivity index (χ1) is 16.1. The summed E-state index contributed by atoms with van der Waals surface area (Å²) in [5.41, 5.74) is -0.565. The molecule has 1 aliphatic rings. The van der Waals surface area contributed by atoms with Crippen LogP contribution in [0.3, 0.4) is 0 Å². The van der Waals surface area contributed by atoms with Crippen molar-refractivity contribution in [2.24, 2.45) is 11.8 Å². The van der Waals surface area contributed by atoms with E-state index in [9.17, 15) is 30.7 Å². The first kappa shape index (κ1) is 26.1. The Bertz CT molecular complexity index is 959. The van der Waals surface area contributed by atoms with Gasteiger partial charge in [0.1, 0.15) is 11.6 Å². The number of halogens is 7. The summed E-state index contributed by atoms with van der Waals surface area (Å²) in [5.74, 6) is -4.52. The molecule has 1 nitrogen and oxygen atoms in total. The first-order valence-corrected chi connectivity index (χ1v) is 11.5.